The number of piperazine rings is 1. The van der Waals surface area contributed by atoms with Crippen LogP contribution in [-0.2, 0) is 4.79 Å². The van der Waals surface area contributed by atoms with Crippen molar-refractivity contribution in [2.24, 2.45) is 0 Å². The molecule has 0 aliphatic carbocycles. The molecule has 0 radical (unpaired) electrons. The summed E-state index contributed by atoms with van der Waals surface area (Å²) in [6.45, 7) is 3.76. The Morgan fingerprint density at radius 3 is 2.67 bits per heavy atom. The van der Waals surface area contributed by atoms with Crippen LogP contribution in [0.1, 0.15) is 0 Å². The minimum Gasteiger partial charge on any atom is -0.339 e. The zero-order chi connectivity index (χ0) is 15.2. The summed E-state index contributed by atoms with van der Waals surface area (Å²) in [6, 6.07) is 5.27. The van der Waals surface area contributed by atoms with Gasteiger partial charge in [0.1, 0.15) is 0 Å². The number of rotatable bonds is 4. The normalized spacial score (nSPS) is 15.8. The van der Waals surface area contributed by atoms with E-state index >= 15 is 0 Å². The maximum Gasteiger partial charge on any atom is 0.233 e. The Hall–Kier alpha value is -0.860. The molecule has 2 rings (SSSR count). The van der Waals surface area contributed by atoms with Gasteiger partial charge < -0.3 is 4.90 Å². The van der Waals surface area contributed by atoms with Crippen molar-refractivity contribution < 1.29 is 4.79 Å². The number of thioether (sulfide) groups is 1. The van der Waals surface area contributed by atoms with Crippen LogP contribution in [0, 0.1) is 12.3 Å². The first-order valence-electron chi connectivity index (χ1n) is 6.61. The molecule has 1 fully saturated rings. The average molecular weight is 343 g/mol. The van der Waals surface area contributed by atoms with Crippen molar-refractivity contribution in [2.75, 3.05) is 38.5 Å². The number of benzene rings is 1. The minimum atomic E-state index is 0.122. The molecule has 1 saturated heterocycles. The quantitative estimate of drug-likeness (QED) is 0.620. The number of halogens is 2. The third-order valence-corrected chi connectivity index (χ3v) is 5.00. The van der Waals surface area contributed by atoms with Crippen LogP contribution in [0.25, 0.3) is 0 Å². The fourth-order valence-electron chi connectivity index (χ4n) is 2.10. The lowest BCUT2D eigenvalue weighted by Crippen LogP contribution is -2.49. The number of hydrogen-bond acceptors (Lipinski definition) is 3. The molecular formula is C15H16Cl2N2OS. The summed E-state index contributed by atoms with van der Waals surface area (Å²) in [5.74, 6) is 3.12. The van der Waals surface area contributed by atoms with E-state index in [2.05, 4.69) is 10.8 Å². The number of terminal acetylenes is 1. The predicted molar refractivity (Wildman–Crippen MR) is 89.0 cm³/mol. The lowest BCUT2D eigenvalue weighted by Gasteiger charge is -2.33. The highest BCUT2D eigenvalue weighted by atomic mass is 35.5. The van der Waals surface area contributed by atoms with Gasteiger partial charge in [-0.15, -0.1) is 18.2 Å². The summed E-state index contributed by atoms with van der Waals surface area (Å²) in [4.78, 5) is 17.1. The molecule has 1 aromatic carbocycles. The van der Waals surface area contributed by atoms with E-state index in [-0.39, 0.29) is 5.91 Å². The zero-order valence-corrected chi connectivity index (χ0v) is 13.8. The molecule has 1 aromatic rings. The van der Waals surface area contributed by atoms with Gasteiger partial charge in [-0.3, -0.25) is 9.69 Å². The van der Waals surface area contributed by atoms with Crippen molar-refractivity contribution in [1.82, 2.24) is 9.80 Å². The summed E-state index contributed by atoms with van der Waals surface area (Å²) < 4.78 is 0. The summed E-state index contributed by atoms with van der Waals surface area (Å²) in [5, 5.41) is 1.24. The molecular weight excluding hydrogens is 327 g/mol. The second-order valence-corrected chi connectivity index (χ2v) is 6.59. The smallest absolute Gasteiger partial charge is 0.233 e. The van der Waals surface area contributed by atoms with Gasteiger partial charge in [-0.2, -0.15) is 0 Å². The van der Waals surface area contributed by atoms with Crippen molar-refractivity contribution >= 4 is 40.9 Å². The van der Waals surface area contributed by atoms with Crippen molar-refractivity contribution in [3.63, 3.8) is 0 Å². The zero-order valence-electron chi connectivity index (χ0n) is 11.5. The average Bonchev–Trinajstić information content (AvgIpc) is 2.49. The molecule has 1 aliphatic heterocycles. The summed E-state index contributed by atoms with van der Waals surface area (Å²) in [5.41, 5.74) is 0. The topological polar surface area (TPSA) is 23.6 Å². The van der Waals surface area contributed by atoms with Crippen LogP contribution in [0.2, 0.25) is 10.0 Å². The first kappa shape index (κ1) is 16.5. The van der Waals surface area contributed by atoms with Crippen LogP contribution >= 0.6 is 35.0 Å². The van der Waals surface area contributed by atoms with Crippen molar-refractivity contribution in [1.29, 1.82) is 0 Å². The lowest BCUT2D eigenvalue weighted by atomic mass is 10.3. The van der Waals surface area contributed by atoms with E-state index in [9.17, 15) is 4.79 Å². The Morgan fingerprint density at radius 1 is 1.29 bits per heavy atom. The third kappa shape index (κ3) is 4.82. The molecule has 112 valence electrons. The van der Waals surface area contributed by atoms with E-state index in [1.54, 1.807) is 18.2 Å². The largest absolute Gasteiger partial charge is 0.339 e. The van der Waals surface area contributed by atoms with Gasteiger partial charge in [0, 0.05) is 36.1 Å². The van der Waals surface area contributed by atoms with Crippen LogP contribution in [0.3, 0.4) is 0 Å². The van der Waals surface area contributed by atoms with E-state index in [0.717, 1.165) is 31.1 Å². The standard InChI is InChI=1S/C15H16Cl2N2OS/c1-2-5-18-6-8-19(9-7-18)15(20)11-21-14-10-12(16)3-4-13(14)17/h1,3-4,10H,5-9,11H2. The Labute approximate surface area is 139 Å². The van der Waals surface area contributed by atoms with Gasteiger partial charge >= 0.3 is 0 Å². The van der Waals surface area contributed by atoms with E-state index in [4.69, 9.17) is 29.6 Å². The Morgan fingerprint density at radius 2 is 2.00 bits per heavy atom. The second kappa shape index (κ2) is 7.95. The number of carbonyl (C=O) groups excluding carboxylic acids is 1. The van der Waals surface area contributed by atoms with E-state index in [1.807, 2.05) is 4.90 Å². The fourth-order valence-corrected chi connectivity index (χ4v) is 3.50. The van der Waals surface area contributed by atoms with Gasteiger partial charge in [0.25, 0.3) is 0 Å². The molecule has 3 nitrogen and oxygen atoms in total. The van der Waals surface area contributed by atoms with E-state index < -0.39 is 0 Å². The molecule has 1 amide bonds. The summed E-state index contributed by atoms with van der Waals surface area (Å²) >= 11 is 13.4. The van der Waals surface area contributed by atoms with Gasteiger partial charge in [-0.25, -0.2) is 0 Å². The van der Waals surface area contributed by atoms with Crippen molar-refractivity contribution in [3.05, 3.63) is 28.2 Å². The van der Waals surface area contributed by atoms with Crippen molar-refractivity contribution in [2.45, 2.75) is 4.90 Å². The highest BCUT2D eigenvalue weighted by molar-refractivity contribution is 8.00. The first-order chi connectivity index (χ1) is 10.1. The maximum absolute atomic E-state index is 12.2. The van der Waals surface area contributed by atoms with Crippen LogP contribution in [0.15, 0.2) is 23.1 Å². The molecule has 1 heterocycles. The molecule has 0 aromatic heterocycles. The molecule has 1 aliphatic rings. The third-order valence-electron chi connectivity index (χ3n) is 3.28. The molecule has 0 bridgehead atoms. The molecule has 0 spiro atoms. The Balaban J connectivity index is 1.83. The van der Waals surface area contributed by atoms with Crippen LogP contribution in [0.4, 0.5) is 0 Å². The predicted octanol–water partition coefficient (Wildman–Crippen LogP) is 2.86. The molecule has 21 heavy (non-hydrogen) atoms. The van der Waals surface area contributed by atoms with Gasteiger partial charge in [0.15, 0.2) is 0 Å². The van der Waals surface area contributed by atoms with Gasteiger partial charge in [-0.1, -0.05) is 29.1 Å². The molecule has 6 heteroatoms. The monoisotopic (exact) mass is 342 g/mol. The van der Waals surface area contributed by atoms with E-state index in [0.29, 0.717) is 22.3 Å². The van der Waals surface area contributed by atoms with Gasteiger partial charge in [0.2, 0.25) is 5.91 Å². The Bertz CT molecular complexity index is 551. The van der Waals surface area contributed by atoms with Crippen molar-refractivity contribution in [3.8, 4) is 12.3 Å². The van der Waals surface area contributed by atoms with E-state index in [1.165, 1.54) is 11.8 Å². The fraction of sp³-hybridized carbons (Fsp3) is 0.400. The van der Waals surface area contributed by atoms with Crippen LogP contribution in [-0.4, -0.2) is 54.2 Å². The Kier molecular flexibility index (Phi) is 6.25. The molecule has 0 saturated carbocycles. The van der Waals surface area contributed by atoms with Gasteiger partial charge in [0.05, 0.1) is 17.3 Å². The molecule has 0 unspecified atom stereocenters. The highest BCUT2D eigenvalue weighted by Gasteiger charge is 2.20. The molecule has 0 atom stereocenters. The number of amides is 1. The number of nitrogens with zero attached hydrogens (tertiary/aromatic N) is 2. The SMILES string of the molecule is C#CCN1CCN(C(=O)CSc2cc(Cl)ccc2Cl)CC1. The number of carbonyl (C=O) groups is 1. The van der Waals surface area contributed by atoms with Gasteiger partial charge in [-0.05, 0) is 18.2 Å². The maximum atomic E-state index is 12.2. The number of hydrogen-bond donors (Lipinski definition) is 0. The summed E-state index contributed by atoms with van der Waals surface area (Å²) in [6.07, 6.45) is 5.29. The van der Waals surface area contributed by atoms with Crippen LogP contribution in [0.5, 0.6) is 0 Å². The van der Waals surface area contributed by atoms with Crippen LogP contribution < -0.4 is 0 Å². The highest BCUT2D eigenvalue weighted by Crippen LogP contribution is 2.30. The molecule has 0 N–H and O–H groups in total. The second-order valence-electron chi connectivity index (χ2n) is 4.72. The summed E-state index contributed by atoms with van der Waals surface area (Å²) in [7, 11) is 0. The minimum absolute atomic E-state index is 0.122. The lowest BCUT2D eigenvalue weighted by molar-refractivity contribution is -0.129. The first-order valence-corrected chi connectivity index (χ1v) is 8.35.